The molecule has 1 heterocycles. The second-order valence-corrected chi connectivity index (χ2v) is 5.33. The van der Waals surface area contributed by atoms with Crippen LogP contribution >= 0.6 is 0 Å². The van der Waals surface area contributed by atoms with Crippen molar-refractivity contribution in [2.45, 2.75) is 30.9 Å². The molecule has 1 aliphatic rings. The smallest absolute Gasteiger partial charge is 0.389 e. The quantitative estimate of drug-likeness (QED) is 0.767. The fraction of sp³-hybridized carbons (Fsp3) is 0.571. The molecule has 0 aromatic heterocycles. The lowest BCUT2D eigenvalue weighted by Gasteiger charge is -2.36. The summed E-state index contributed by atoms with van der Waals surface area (Å²) in [4.78, 5) is 1.78. The summed E-state index contributed by atoms with van der Waals surface area (Å²) in [5.74, 6) is 0. The number of aliphatic hydroxyl groups is 3. The highest BCUT2D eigenvalue weighted by Crippen LogP contribution is 2.29. The molecule has 1 saturated heterocycles. The molecule has 3 N–H and O–H groups in total. The Morgan fingerprint density at radius 2 is 1.52 bits per heavy atom. The van der Waals surface area contributed by atoms with Crippen molar-refractivity contribution in [2.24, 2.45) is 0 Å². The summed E-state index contributed by atoms with van der Waals surface area (Å²) in [5.41, 5.74) is 0.0660. The molecule has 118 valence electrons. The Balaban J connectivity index is 1.89. The summed E-state index contributed by atoms with van der Waals surface area (Å²) in [7, 11) is 0. The molecule has 0 radical (unpaired) electrons. The van der Waals surface area contributed by atoms with E-state index in [1.54, 1.807) is 4.90 Å². The zero-order valence-electron chi connectivity index (χ0n) is 11.3. The van der Waals surface area contributed by atoms with Gasteiger partial charge in [-0.25, -0.2) is 0 Å². The summed E-state index contributed by atoms with van der Waals surface area (Å²) in [5, 5.41) is 28.6. The lowest BCUT2D eigenvalue weighted by molar-refractivity contribution is -0.137. The second-order valence-electron chi connectivity index (χ2n) is 5.33. The molecule has 3 atom stereocenters. The van der Waals surface area contributed by atoms with Crippen molar-refractivity contribution in [3.8, 4) is 0 Å². The molecule has 1 aromatic rings. The van der Waals surface area contributed by atoms with Crippen LogP contribution in [0.5, 0.6) is 0 Å². The number of likely N-dealkylation sites (tertiary alicyclic amines) is 1. The van der Waals surface area contributed by atoms with Crippen LogP contribution in [0.1, 0.15) is 11.1 Å². The van der Waals surface area contributed by atoms with Crippen molar-refractivity contribution in [1.82, 2.24) is 4.90 Å². The van der Waals surface area contributed by atoms with E-state index in [2.05, 4.69) is 0 Å². The highest BCUT2D eigenvalue weighted by Gasteiger charge is 2.33. The third-order valence-electron chi connectivity index (χ3n) is 3.68. The number of rotatable bonds is 3. The number of piperidine rings is 1. The Hall–Kier alpha value is -1.15. The number of nitrogens with zero attached hydrogens (tertiary/aromatic N) is 1. The molecule has 0 spiro atoms. The number of halogens is 3. The zero-order valence-corrected chi connectivity index (χ0v) is 11.3. The van der Waals surface area contributed by atoms with Crippen molar-refractivity contribution in [3.63, 3.8) is 0 Å². The molecule has 0 unspecified atom stereocenters. The molecule has 4 nitrogen and oxygen atoms in total. The predicted octanol–water partition coefficient (Wildman–Crippen LogP) is 0.646. The maximum absolute atomic E-state index is 12.4. The predicted molar refractivity (Wildman–Crippen MR) is 69.6 cm³/mol. The van der Waals surface area contributed by atoms with Crippen molar-refractivity contribution in [1.29, 1.82) is 0 Å². The van der Waals surface area contributed by atoms with Crippen LogP contribution in [0.15, 0.2) is 24.3 Å². The zero-order chi connectivity index (χ0) is 15.6. The normalized spacial score (nSPS) is 27.8. The van der Waals surface area contributed by atoms with Gasteiger partial charge >= 0.3 is 6.18 Å². The van der Waals surface area contributed by atoms with Crippen LogP contribution in [0, 0.1) is 0 Å². The standard InChI is InChI=1S/C14H18F3NO3/c15-14(16,17)10-3-1-9(2-4-10)5-6-18-7-11(19)13(21)12(20)8-18/h1-4,11-13,19-21H,5-8H2/t11-,12+,13+. The summed E-state index contributed by atoms with van der Waals surface area (Å²) < 4.78 is 37.3. The highest BCUT2D eigenvalue weighted by molar-refractivity contribution is 5.24. The van der Waals surface area contributed by atoms with Gasteiger partial charge in [0, 0.05) is 19.6 Å². The van der Waals surface area contributed by atoms with E-state index < -0.39 is 30.1 Å². The Bertz CT molecular complexity index is 452. The molecule has 2 rings (SSSR count). The third kappa shape index (κ3) is 4.16. The first kappa shape index (κ1) is 16.2. The minimum absolute atomic E-state index is 0.235. The molecule has 1 aliphatic heterocycles. The van der Waals surface area contributed by atoms with Crippen molar-refractivity contribution < 1.29 is 28.5 Å². The van der Waals surface area contributed by atoms with Gasteiger partial charge in [0.15, 0.2) is 0 Å². The van der Waals surface area contributed by atoms with Crippen molar-refractivity contribution >= 4 is 0 Å². The van der Waals surface area contributed by atoms with Crippen LogP contribution in [-0.2, 0) is 12.6 Å². The van der Waals surface area contributed by atoms with Crippen LogP contribution in [0.3, 0.4) is 0 Å². The van der Waals surface area contributed by atoms with E-state index in [1.165, 1.54) is 12.1 Å². The number of aliphatic hydroxyl groups excluding tert-OH is 3. The number of alkyl halides is 3. The molecule has 0 saturated carbocycles. The van der Waals surface area contributed by atoms with E-state index in [0.717, 1.165) is 17.7 Å². The van der Waals surface area contributed by atoms with E-state index in [4.69, 9.17) is 0 Å². The fourth-order valence-electron chi connectivity index (χ4n) is 2.41. The van der Waals surface area contributed by atoms with Gasteiger partial charge in [-0.2, -0.15) is 13.2 Å². The molecular weight excluding hydrogens is 287 g/mol. The summed E-state index contributed by atoms with van der Waals surface area (Å²) in [6, 6.07) is 4.93. The first-order chi connectivity index (χ1) is 9.77. The van der Waals surface area contributed by atoms with Crippen molar-refractivity contribution in [2.75, 3.05) is 19.6 Å². The molecular formula is C14H18F3NO3. The first-order valence-electron chi connectivity index (χ1n) is 6.70. The van der Waals surface area contributed by atoms with Gasteiger partial charge in [0.05, 0.1) is 17.8 Å². The van der Waals surface area contributed by atoms with E-state index >= 15 is 0 Å². The van der Waals surface area contributed by atoms with Crippen LogP contribution in [0.4, 0.5) is 13.2 Å². The third-order valence-corrected chi connectivity index (χ3v) is 3.68. The van der Waals surface area contributed by atoms with Crippen LogP contribution in [0.25, 0.3) is 0 Å². The Labute approximate surface area is 120 Å². The van der Waals surface area contributed by atoms with Crippen LogP contribution in [-0.4, -0.2) is 58.2 Å². The second kappa shape index (κ2) is 6.31. The lowest BCUT2D eigenvalue weighted by atomic mass is 10.0. The van der Waals surface area contributed by atoms with Gasteiger partial charge in [-0.15, -0.1) is 0 Å². The molecule has 7 heteroatoms. The largest absolute Gasteiger partial charge is 0.416 e. The summed E-state index contributed by atoms with van der Waals surface area (Å²) >= 11 is 0. The average Bonchev–Trinajstić information content (AvgIpc) is 2.42. The molecule has 1 aromatic carbocycles. The first-order valence-corrected chi connectivity index (χ1v) is 6.70. The van der Waals surface area contributed by atoms with Crippen LogP contribution < -0.4 is 0 Å². The van der Waals surface area contributed by atoms with Gasteiger partial charge in [0.25, 0.3) is 0 Å². The summed E-state index contributed by atoms with van der Waals surface area (Å²) in [6.45, 7) is 0.962. The average molecular weight is 305 g/mol. The number of hydrogen-bond acceptors (Lipinski definition) is 4. The van der Waals surface area contributed by atoms with Gasteiger partial charge < -0.3 is 15.3 Å². The number of β-amino-alcohol motifs (C(OH)–C–C–N with tert-alkyl or cyclic N) is 2. The molecule has 1 fully saturated rings. The van der Waals surface area contributed by atoms with E-state index in [-0.39, 0.29) is 13.1 Å². The molecule has 0 bridgehead atoms. The minimum Gasteiger partial charge on any atom is -0.389 e. The van der Waals surface area contributed by atoms with Gasteiger partial charge in [-0.05, 0) is 24.1 Å². The topological polar surface area (TPSA) is 63.9 Å². The maximum Gasteiger partial charge on any atom is 0.416 e. The Morgan fingerprint density at radius 3 is 2.00 bits per heavy atom. The Kier molecular flexibility index (Phi) is 4.88. The van der Waals surface area contributed by atoms with E-state index in [0.29, 0.717) is 13.0 Å². The Morgan fingerprint density at radius 1 is 1.00 bits per heavy atom. The molecule has 21 heavy (non-hydrogen) atoms. The van der Waals surface area contributed by atoms with Gasteiger partial charge in [0.1, 0.15) is 6.10 Å². The van der Waals surface area contributed by atoms with Gasteiger partial charge in [0.2, 0.25) is 0 Å². The van der Waals surface area contributed by atoms with Crippen LogP contribution in [0.2, 0.25) is 0 Å². The van der Waals surface area contributed by atoms with Gasteiger partial charge in [-0.1, -0.05) is 12.1 Å². The molecule has 0 aliphatic carbocycles. The fourth-order valence-corrected chi connectivity index (χ4v) is 2.41. The monoisotopic (exact) mass is 305 g/mol. The lowest BCUT2D eigenvalue weighted by Crippen LogP contribution is -2.55. The van der Waals surface area contributed by atoms with E-state index in [1.807, 2.05) is 0 Å². The number of benzene rings is 1. The molecule has 0 amide bonds. The minimum atomic E-state index is -4.34. The maximum atomic E-state index is 12.4. The van der Waals surface area contributed by atoms with E-state index in [9.17, 15) is 28.5 Å². The summed E-state index contributed by atoms with van der Waals surface area (Å²) in [6.07, 6.45) is -7.00. The van der Waals surface area contributed by atoms with Crippen molar-refractivity contribution in [3.05, 3.63) is 35.4 Å². The number of hydrogen-bond donors (Lipinski definition) is 3. The SMILES string of the molecule is O[C@H]1[C@H](O)CN(CCc2ccc(C(F)(F)F)cc2)C[C@@H]1O. The highest BCUT2D eigenvalue weighted by atomic mass is 19.4. The van der Waals surface area contributed by atoms with Gasteiger partial charge in [-0.3, -0.25) is 4.90 Å².